The minimum Gasteiger partial charge on any atom is -0.454 e. The van der Waals surface area contributed by atoms with Crippen molar-refractivity contribution in [2.45, 2.75) is 19.4 Å². The van der Waals surface area contributed by atoms with Gasteiger partial charge in [0.2, 0.25) is 0 Å². The molecule has 0 amide bonds. The molecule has 0 saturated carbocycles. The van der Waals surface area contributed by atoms with Crippen molar-refractivity contribution in [1.82, 2.24) is 15.1 Å². The quantitative estimate of drug-likeness (QED) is 0.880. The maximum atomic E-state index is 5.89. The first-order chi connectivity index (χ1) is 8.74. The van der Waals surface area contributed by atoms with Crippen LogP contribution in [0.25, 0.3) is 0 Å². The SMILES string of the molecule is CCC(NC)c1ccccc1Oc1cnn(C)c1. The minimum atomic E-state index is 0.304. The third kappa shape index (κ3) is 2.71. The molecule has 2 rings (SSSR count). The number of rotatable bonds is 5. The summed E-state index contributed by atoms with van der Waals surface area (Å²) in [5.41, 5.74) is 1.17. The van der Waals surface area contributed by atoms with E-state index in [0.717, 1.165) is 17.9 Å². The van der Waals surface area contributed by atoms with Crippen LogP contribution in [0.5, 0.6) is 11.5 Å². The van der Waals surface area contributed by atoms with E-state index in [1.807, 2.05) is 38.5 Å². The van der Waals surface area contributed by atoms with Crippen molar-refractivity contribution in [1.29, 1.82) is 0 Å². The van der Waals surface area contributed by atoms with Crippen LogP contribution in [-0.4, -0.2) is 16.8 Å². The molecule has 1 atom stereocenters. The van der Waals surface area contributed by atoms with E-state index in [1.54, 1.807) is 10.9 Å². The topological polar surface area (TPSA) is 39.1 Å². The molecule has 0 fully saturated rings. The average Bonchev–Trinajstić information content (AvgIpc) is 2.78. The summed E-state index contributed by atoms with van der Waals surface area (Å²) in [6, 6.07) is 8.40. The number of para-hydroxylation sites is 1. The highest BCUT2D eigenvalue weighted by molar-refractivity contribution is 5.38. The maximum Gasteiger partial charge on any atom is 0.165 e. The van der Waals surface area contributed by atoms with Gasteiger partial charge in [-0.25, -0.2) is 0 Å². The van der Waals surface area contributed by atoms with Crippen LogP contribution in [0.1, 0.15) is 24.9 Å². The Labute approximate surface area is 108 Å². The second-order valence-electron chi connectivity index (χ2n) is 4.24. The zero-order valence-corrected chi connectivity index (χ0v) is 11.1. The van der Waals surface area contributed by atoms with Gasteiger partial charge in [-0.05, 0) is 19.5 Å². The molecule has 1 unspecified atom stereocenters. The molecule has 0 radical (unpaired) electrons. The van der Waals surface area contributed by atoms with E-state index in [2.05, 4.69) is 23.4 Å². The monoisotopic (exact) mass is 245 g/mol. The maximum absolute atomic E-state index is 5.89. The summed E-state index contributed by atoms with van der Waals surface area (Å²) in [4.78, 5) is 0. The summed E-state index contributed by atoms with van der Waals surface area (Å²) in [6.07, 6.45) is 4.60. The molecule has 96 valence electrons. The minimum absolute atomic E-state index is 0.304. The molecule has 0 aliphatic carbocycles. The van der Waals surface area contributed by atoms with Gasteiger partial charge in [-0.3, -0.25) is 4.68 Å². The Balaban J connectivity index is 2.27. The molecule has 0 aliphatic rings. The molecule has 0 spiro atoms. The third-order valence-corrected chi connectivity index (χ3v) is 2.96. The molecule has 0 aliphatic heterocycles. The number of nitrogens with zero attached hydrogens (tertiary/aromatic N) is 2. The molecule has 0 saturated heterocycles. The summed E-state index contributed by atoms with van der Waals surface area (Å²) in [5.74, 6) is 1.64. The number of ether oxygens (including phenoxy) is 1. The van der Waals surface area contributed by atoms with Crippen LogP contribution in [0.2, 0.25) is 0 Å². The van der Waals surface area contributed by atoms with Crippen molar-refractivity contribution < 1.29 is 4.74 Å². The van der Waals surface area contributed by atoms with Gasteiger partial charge in [-0.1, -0.05) is 25.1 Å². The lowest BCUT2D eigenvalue weighted by molar-refractivity contribution is 0.458. The third-order valence-electron chi connectivity index (χ3n) is 2.96. The Morgan fingerprint density at radius 1 is 1.39 bits per heavy atom. The van der Waals surface area contributed by atoms with Crippen molar-refractivity contribution in [2.75, 3.05) is 7.05 Å². The average molecular weight is 245 g/mol. The highest BCUT2D eigenvalue weighted by Gasteiger charge is 2.13. The molecular formula is C14H19N3O. The fourth-order valence-electron chi connectivity index (χ4n) is 2.02. The predicted octanol–water partition coefficient (Wildman–Crippen LogP) is 2.88. The molecule has 0 bridgehead atoms. The zero-order valence-electron chi connectivity index (χ0n) is 11.1. The van der Waals surface area contributed by atoms with Crippen LogP contribution in [0, 0.1) is 0 Å². The Kier molecular flexibility index (Phi) is 3.99. The summed E-state index contributed by atoms with van der Waals surface area (Å²) in [5, 5.41) is 7.40. The lowest BCUT2D eigenvalue weighted by atomic mass is 10.0. The van der Waals surface area contributed by atoms with Crippen LogP contribution >= 0.6 is 0 Å². The molecule has 1 heterocycles. The summed E-state index contributed by atoms with van der Waals surface area (Å²) < 4.78 is 7.62. The highest BCUT2D eigenvalue weighted by Crippen LogP contribution is 2.30. The van der Waals surface area contributed by atoms with Gasteiger partial charge in [0.1, 0.15) is 5.75 Å². The standard InChI is InChI=1S/C14H19N3O/c1-4-13(15-2)12-7-5-6-8-14(12)18-11-9-16-17(3)10-11/h5-10,13,15H,4H2,1-3H3. The first kappa shape index (κ1) is 12.6. The van der Waals surface area contributed by atoms with Gasteiger partial charge in [-0.2, -0.15) is 5.10 Å². The number of aromatic nitrogens is 2. The molecule has 4 heteroatoms. The van der Waals surface area contributed by atoms with Crippen molar-refractivity contribution in [3.63, 3.8) is 0 Å². The van der Waals surface area contributed by atoms with E-state index >= 15 is 0 Å². The number of nitrogens with one attached hydrogen (secondary N) is 1. The molecule has 1 aromatic heterocycles. The van der Waals surface area contributed by atoms with Crippen LogP contribution in [0.4, 0.5) is 0 Å². The van der Waals surface area contributed by atoms with Gasteiger partial charge in [0.15, 0.2) is 5.75 Å². The second-order valence-corrected chi connectivity index (χ2v) is 4.24. The Hall–Kier alpha value is -1.81. The zero-order chi connectivity index (χ0) is 13.0. The van der Waals surface area contributed by atoms with Crippen molar-refractivity contribution in [3.05, 3.63) is 42.2 Å². The Morgan fingerprint density at radius 3 is 2.78 bits per heavy atom. The van der Waals surface area contributed by atoms with Crippen LogP contribution in [-0.2, 0) is 7.05 Å². The van der Waals surface area contributed by atoms with E-state index in [0.29, 0.717) is 6.04 Å². The van der Waals surface area contributed by atoms with Crippen molar-refractivity contribution >= 4 is 0 Å². The van der Waals surface area contributed by atoms with E-state index in [1.165, 1.54) is 5.56 Å². The van der Waals surface area contributed by atoms with Gasteiger partial charge >= 0.3 is 0 Å². The molecule has 1 N–H and O–H groups in total. The van der Waals surface area contributed by atoms with Gasteiger partial charge in [-0.15, -0.1) is 0 Å². The molecule has 1 aromatic carbocycles. The second kappa shape index (κ2) is 5.69. The lowest BCUT2D eigenvalue weighted by Crippen LogP contribution is -2.15. The summed E-state index contributed by atoms with van der Waals surface area (Å²) in [7, 11) is 3.84. The number of hydrogen-bond acceptors (Lipinski definition) is 3. The smallest absolute Gasteiger partial charge is 0.165 e. The molecule has 18 heavy (non-hydrogen) atoms. The fraction of sp³-hybridized carbons (Fsp3) is 0.357. The predicted molar refractivity (Wildman–Crippen MR) is 71.8 cm³/mol. The van der Waals surface area contributed by atoms with Crippen LogP contribution < -0.4 is 10.1 Å². The Bertz CT molecular complexity index is 503. The van der Waals surface area contributed by atoms with Crippen LogP contribution in [0.3, 0.4) is 0 Å². The largest absolute Gasteiger partial charge is 0.454 e. The van der Waals surface area contributed by atoms with Gasteiger partial charge in [0, 0.05) is 18.7 Å². The highest BCUT2D eigenvalue weighted by atomic mass is 16.5. The Morgan fingerprint density at radius 2 is 2.17 bits per heavy atom. The normalized spacial score (nSPS) is 12.4. The summed E-state index contributed by atoms with van der Waals surface area (Å²) >= 11 is 0. The molecule has 2 aromatic rings. The fourth-order valence-corrected chi connectivity index (χ4v) is 2.02. The van der Waals surface area contributed by atoms with E-state index < -0.39 is 0 Å². The number of hydrogen-bond donors (Lipinski definition) is 1. The lowest BCUT2D eigenvalue weighted by Gasteiger charge is -2.17. The number of aryl methyl sites for hydroxylation is 1. The van der Waals surface area contributed by atoms with Gasteiger partial charge < -0.3 is 10.1 Å². The molecular weight excluding hydrogens is 226 g/mol. The molecule has 4 nitrogen and oxygen atoms in total. The van der Waals surface area contributed by atoms with Crippen molar-refractivity contribution in [3.8, 4) is 11.5 Å². The van der Waals surface area contributed by atoms with E-state index in [9.17, 15) is 0 Å². The van der Waals surface area contributed by atoms with Gasteiger partial charge in [0.25, 0.3) is 0 Å². The van der Waals surface area contributed by atoms with Crippen LogP contribution in [0.15, 0.2) is 36.7 Å². The first-order valence-electron chi connectivity index (χ1n) is 6.17. The summed E-state index contributed by atoms with van der Waals surface area (Å²) in [6.45, 7) is 2.15. The number of benzene rings is 1. The van der Waals surface area contributed by atoms with Crippen molar-refractivity contribution in [2.24, 2.45) is 7.05 Å². The van der Waals surface area contributed by atoms with E-state index in [4.69, 9.17) is 4.74 Å². The first-order valence-corrected chi connectivity index (χ1v) is 6.17. The van der Waals surface area contributed by atoms with Gasteiger partial charge in [0.05, 0.1) is 12.4 Å². The van der Waals surface area contributed by atoms with E-state index in [-0.39, 0.29) is 0 Å².